The van der Waals surface area contributed by atoms with Crippen LogP contribution in [-0.2, 0) is 22.9 Å². The van der Waals surface area contributed by atoms with Crippen molar-refractivity contribution in [2.75, 3.05) is 25.0 Å². The van der Waals surface area contributed by atoms with Gasteiger partial charge in [0.05, 0.1) is 4.90 Å². The van der Waals surface area contributed by atoms with Crippen molar-refractivity contribution in [3.8, 4) is 0 Å². The number of nitrogens with one attached hydrogen (secondary N) is 1. The van der Waals surface area contributed by atoms with Gasteiger partial charge in [0.2, 0.25) is 10.0 Å². The third-order valence-corrected chi connectivity index (χ3v) is 5.23. The van der Waals surface area contributed by atoms with Crippen LogP contribution < -0.4 is 15.4 Å². The highest BCUT2D eigenvalue weighted by Crippen LogP contribution is 2.27. The molecule has 0 saturated heterocycles. The standard InChI is InChI=1S/C18H22N4O2S.HI/c1-20-18(22-13-11-15-4-2-3-5-17(15)22)21-12-10-14-6-8-16(9-7-14)25(19,23)24;/h2-9H,10-13H2,1H3,(H,20,21)(H2,19,23,24);1H. The molecule has 2 aromatic rings. The van der Waals surface area contributed by atoms with Crippen molar-refractivity contribution in [1.82, 2.24) is 5.32 Å². The highest BCUT2D eigenvalue weighted by atomic mass is 127. The zero-order chi connectivity index (χ0) is 17.9. The number of rotatable bonds is 4. The number of para-hydroxylation sites is 1. The molecule has 0 amide bonds. The second kappa shape index (κ2) is 8.83. The molecule has 0 bridgehead atoms. The normalized spacial score (nSPS) is 13.9. The monoisotopic (exact) mass is 486 g/mol. The lowest BCUT2D eigenvalue weighted by molar-refractivity contribution is 0.598. The van der Waals surface area contributed by atoms with E-state index in [1.165, 1.54) is 23.4 Å². The maximum atomic E-state index is 11.3. The number of sulfonamides is 1. The van der Waals surface area contributed by atoms with Crippen LogP contribution in [-0.4, -0.2) is 34.5 Å². The Labute approximate surface area is 171 Å². The lowest BCUT2D eigenvalue weighted by atomic mass is 10.1. The maximum absolute atomic E-state index is 11.3. The molecule has 3 N–H and O–H groups in total. The molecular weight excluding hydrogens is 463 g/mol. The molecule has 140 valence electrons. The van der Waals surface area contributed by atoms with Gasteiger partial charge in [-0.3, -0.25) is 4.99 Å². The van der Waals surface area contributed by atoms with Crippen LogP contribution >= 0.6 is 24.0 Å². The van der Waals surface area contributed by atoms with E-state index in [1.807, 2.05) is 6.07 Å². The number of halogens is 1. The van der Waals surface area contributed by atoms with E-state index in [2.05, 4.69) is 33.4 Å². The summed E-state index contributed by atoms with van der Waals surface area (Å²) in [5.41, 5.74) is 3.58. The number of hydrogen-bond acceptors (Lipinski definition) is 3. The molecule has 3 rings (SSSR count). The number of hydrogen-bond donors (Lipinski definition) is 2. The fraction of sp³-hybridized carbons (Fsp3) is 0.278. The van der Waals surface area contributed by atoms with Crippen molar-refractivity contribution >= 4 is 45.6 Å². The lowest BCUT2D eigenvalue weighted by Crippen LogP contribution is -2.41. The van der Waals surface area contributed by atoms with E-state index >= 15 is 0 Å². The molecule has 8 heteroatoms. The highest BCUT2D eigenvalue weighted by molar-refractivity contribution is 14.0. The molecule has 2 aromatic carbocycles. The van der Waals surface area contributed by atoms with Gasteiger partial charge in [0.1, 0.15) is 0 Å². The molecule has 0 atom stereocenters. The minimum atomic E-state index is -3.64. The highest BCUT2D eigenvalue weighted by Gasteiger charge is 2.22. The van der Waals surface area contributed by atoms with E-state index in [4.69, 9.17) is 5.14 Å². The first-order chi connectivity index (χ1) is 12.0. The van der Waals surface area contributed by atoms with Gasteiger partial charge in [0.25, 0.3) is 0 Å². The number of nitrogens with zero attached hydrogens (tertiary/aromatic N) is 2. The molecule has 0 spiro atoms. The van der Waals surface area contributed by atoms with Crippen LogP contribution in [0.25, 0.3) is 0 Å². The number of anilines is 1. The summed E-state index contributed by atoms with van der Waals surface area (Å²) < 4.78 is 22.6. The van der Waals surface area contributed by atoms with E-state index in [0.29, 0.717) is 6.54 Å². The zero-order valence-corrected chi connectivity index (χ0v) is 17.7. The summed E-state index contributed by atoms with van der Waals surface area (Å²) in [4.78, 5) is 6.71. The summed E-state index contributed by atoms with van der Waals surface area (Å²) >= 11 is 0. The Hall–Kier alpha value is -1.65. The third kappa shape index (κ3) is 4.74. The molecule has 1 heterocycles. The first kappa shape index (κ1) is 20.7. The molecule has 1 aliphatic heterocycles. The van der Waals surface area contributed by atoms with Gasteiger partial charge >= 0.3 is 0 Å². The molecule has 0 radical (unpaired) electrons. The summed E-state index contributed by atoms with van der Waals surface area (Å²) in [7, 11) is -1.86. The maximum Gasteiger partial charge on any atom is 0.238 e. The molecule has 0 unspecified atom stereocenters. The van der Waals surface area contributed by atoms with E-state index in [1.54, 1.807) is 19.2 Å². The summed E-state index contributed by atoms with van der Waals surface area (Å²) in [6.45, 7) is 1.63. The predicted molar refractivity (Wildman–Crippen MR) is 116 cm³/mol. The first-order valence-corrected chi connectivity index (χ1v) is 9.71. The van der Waals surface area contributed by atoms with Crippen molar-refractivity contribution in [3.05, 3.63) is 59.7 Å². The zero-order valence-electron chi connectivity index (χ0n) is 14.6. The molecule has 6 nitrogen and oxygen atoms in total. The second-order valence-corrected chi connectivity index (χ2v) is 7.50. The van der Waals surface area contributed by atoms with Crippen molar-refractivity contribution in [2.45, 2.75) is 17.7 Å². The Bertz CT molecular complexity index is 882. The number of benzene rings is 2. The van der Waals surface area contributed by atoms with Crippen molar-refractivity contribution < 1.29 is 8.42 Å². The first-order valence-electron chi connectivity index (χ1n) is 8.17. The fourth-order valence-electron chi connectivity index (χ4n) is 3.02. The van der Waals surface area contributed by atoms with Crippen molar-refractivity contribution in [2.24, 2.45) is 10.1 Å². The SMILES string of the molecule is CN=C(NCCc1ccc(S(N)(=O)=O)cc1)N1CCc2ccccc21.I. The second-order valence-electron chi connectivity index (χ2n) is 5.94. The number of nitrogens with two attached hydrogens (primary N) is 1. The third-order valence-electron chi connectivity index (χ3n) is 4.30. The Morgan fingerprint density at radius 3 is 2.54 bits per heavy atom. The van der Waals surface area contributed by atoms with Gasteiger partial charge in [0.15, 0.2) is 5.96 Å². The van der Waals surface area contributed by atoms with Gasteiger partial charge in [0, 0.05) is 25.8 Å². The summed E-state index contributed by atoms with van der Waals surface area (Å²) in [5, 5.41) is 8.49. The molecule has 26 heavy (non-hydrogen) atoms. The van der Waals surface area contributed by atoms with Gasteiger partial charge < -0.3 is 10.2 Å². The van der Waals surface area contributed by atoms with Crippen LogP contribution in [0, 0.1) is 0 Å². The largest absolute Gasteiger partial charge is 0.356 e. The van der Waals surface area contributed by atoms with Gasteiger partial charge in [-0.05, 0) is 42.2 Å². The average Bonchev–Trinajstić information content (AvgIpc) is 3.02. The van der Waals surface area contributed by atoms with E-state index < -0.39 is 10.0 Å². The molecule has 0 fully saturated rings. The van der Waals surface area contributed by atoms with Crippen LogP contribution in [0.4, 0.5) is 5.69 Å². The lowest BCUT2D eigenvalue weighted by Gasteiger charge is -2.22. The summed E-state index contributed by atoms with van der Waals surface area (Å²) in [5.74, 6) is 0.853. The summed E-state index contributed by atoms with van der Waals surface area (Å²) in [6.07, 6.45) is 1.78. The van der Waals surface area contributed by atoms with Gasteiger partial charge in [-0.15, -0.1) is 24.0 Å². The van der Waals surface area contributed by atoms with Crippen LogP contribution in [0.15, 0.2) is 58.4 Å². The minimum Gasteiger partial charge on any atom is -0.356 e. The Balaban J connectivity index is 0.00000243. The van der Waals surface area contributed by atoms with Gasteiger partial charge in [-0.1, -0.05) is 30.3 Å². The van der Waals surface area contributed by atoms with Crippen molar-refractivity contribution in [3.63, 3.8) is 0 Å². The predicted octanol–water partition coefficient (Wildman–Crippen LogP) is 2.13. The molecule has 0 saturated carbocycles. The number of primary sulfonamides is 1. The van der Waals surface area contributed by atoms with Gasteiger partial charge in [-0.2, -0.15) is 0 Å². The number of aliphatic imine (C=N–C) groups is 1. The van der Waals surface area contributed by atoms with E-state index in [0.717, 1.165) is 30.9 Å². The smallest absolute Gasteiger partial charge is 0.238 e. The Morgan fingerprint density at radius 2 is 1.88 bits per heavy atom. The Kier molecular flexibility index (Phi) is 7.01. The van der Waals surface area contributed by atoms with Gasteiger partial charge in [-0.25, -0.2) is 13.6 Å². The van der Waals surface area contributed by atoms with E-state index in [9.17, 15) is 8.42 Å². The molecule has 0 aliphatic carbocycles. The van der Waals surface area contributed by atoms with Crippen molar-refractivity contribution in [1.29, 1.82) is 0 Å². The quantitative estimate of drug-likeness (QED) is 0.394. The minimum absolute atomic E-state index is 0. The fourth-order valence-corrected chi connectivity index (χ4v) is 3.53. The molecule has 1 aliphatic rings. The summed E-state index contributed by atoms with van der Waals surface area (Å²) in [6, 6.07) is 15.0. The van der Waals surface area contributed by atoms with Crippen LogP contribution in [0.5, 0.6) is 0 Å². The Morgan fingerprint density at radius 1 is 1.19 bits per heavy atom. The van der Waals surface area contributed by atoms with Crippen LogP contribution in [0.2, 0.25) is 0 Å². The van der Waals surface area contributed by atoms with Crippen LogP contribution in [0.1, 0.15) is 11.1 Å². The number of fused-ring (bicyclic) bond motifs is 1. The van der Waals surface area contributed by atoms with Crippen LogP contribution in [0.3, 0.4) is 0 Å². The molecule has 0 aromatic heterocycles. The topological polar surface area (TPSA) is 87.8 Å². The number of guanidine groups is 1. The van der Waals surface area contributed by atoms with E-state index in [-0.39, 0.29) is 28.9 Å². The average molecular weight is 486 g/mol. The molecular formula is C18H23IN4O2S.